The molecule has 0 N–H and O–H groups in total. The van der Waals surface area contributed by atoms with Crippen LogP contribution in [0.3, 0.4) is 0 Å². The van der Waals surface area contributed by atoms with Crippen molar-refractivity contribution in [3.8, 4) is 6.07 Å². The van der Waals surface area contributed by atoms with Gasteiger partial charge in [-0.25, -0.2) is 4.39 Å². The van der Waals surface area contributed by atoms with Gasteiger partial charge in [0.2, 0.25) is 0 Å². The number of nitrogens with zero attached hydrogens (tertiary/aromatic N) is 1. The molecule has 0 spiro atoms. The minimum absolute atomic E-state index is 0.0372. The molecule has 0 aliphatic carbocycles. The van der Waals surface area contributed by atoms with Gasteiger partial charge in [0.25, 0.3) is 0 Å². The van der Waals surface area contributed by atoms with Crippen LogP contribution >= 0.6 is 0 Å². The molecule has 2 aromatic carbocycles. The molecule has 2 rings (SSSR count). The normalized spacial score (nSPS) is 13.2. The van der Waals surface area contributed by atoms with E-state index in [1.54, 1.807) is 42.5 Å². The van der Waals surface area contributed by atoms with Crippen LogP contribution in [0.15, 0.2) is 54.6 Å². The molecule has 0 aromatic heterocycles. The van der Waals surface area contributed by atoms with Gasteiger partial charge in [0.05, 0.1) is 6.07 Å². The Morgan fingerprint density at radius 2 is 1.75 bits per heavy atom. The Morgan fingerprint density at radius 3 is 2.30 bits per heavy atom. The summed E-state index contributed by atoms with van der Waals surface area (Å²) in [6, 6.07) is 17.1. The summed E-state index contributed by atoms with van der Waals surface area (Å²) in [5.41, 5.74) is -0.380. The van der Waals surface area contributed by atoms with Crippen molar-refractivity contribution in [3.05, 3.63) is 71.5 Å². The zero-order chi connectivity index (χ0) is 14.6. The number of benzene rings is 2. The van der Waals surface area contributed by atoms with Crippen molar-refractivity contribution in [1.29, 1.82) is 5.26 Å². The summed E-state index contributed by atoms with van der Waals surface area (Å²) in [6.45, 7) is 1.37. The minimum atomic E-state index is -1.34. The number of carbonyl (C=O) groups excluding carboxylic acids is 1. The van der Waals surface area contributed by atoms with Gasteiger partial charge in [-0.2, -0.15) is 5.26 Å². The molecular weight excluding hydrogens is 253 g/mol. The summed E-state index contributed by atoms with van der Waals surface area (Å²) in [5, 5.41) is 9.56. The molecular formula is C17H14FNO. The maximum Gasteiger partial charge on any atom is 0.154 e. The maximum absolute atomic E-state index is 13.8. The van der Waals surface area contributed by atoms with Crippen LogP contribution in [0.2, 0.25) is 0 Å². The van der Waals surface area contributed by atoms with Gasteiger partial charge in [0, 0.05) is 6.42 Å². The van der Waals surface area contributed by atoms with Gasteiger partial charge < -0.3 is 0 Å². The van der Waals surface area contributed by atoms with Crippen LogP contribution in [-0.2, 0) is 16.6 Å². The zero-order valence-electron chi connectivity index (χ0n) is 11.1. The highest BCUT2D eigenvalue weighted by molar-refractivity contribution is 5.91. The van der Waals surface area contributed by atoms with Gasteiger partial charge in [-0.15, -0.1) is 0 Å². The molecule has 1 atom stereocenters. The summed E-state index contributed by atoms with van der Waals surface area (Å²) in [5.74, 6) is -0.682. The molecule has 1 unspecified atom stereocenters. The Morgan fingerprint density at radius 1 is 1.15 bits per heavy atom. The van der Waals surface area contributed by atoms with Crippen molar-refractivity contribution >= 4 is 5.78 Å². The lowest BCUT2D eigenvalue weighted by Crippen LogP contribution is -2.35. The van der Waals surface area contributed by atoms with Crippen LogP contribution < -0.4 is 0 Å². The van der Waals surface area contributed by atoms with E-state index < -0.39 is 11.2 Å². The van der Waals surface area contributed by atoms with Gasteiger partial charge in [0.15, 0.2) is 5.78 Å². The van der Waals surface area contributed by atoms with Gasteiger partial charge in [-0.05, 0) is 24.1 Å². The van der Waals surface area contributed by atoms with Crippen molar-refractivity contribution in [2.45, 2.75) is 18.8 Å². The molecule has 0 amide bonds. The first-order chi connectivity index (χ1) is 9.60. The molecule has 20 heavy (non-hydrogen) atoms. The van der Waals surface area contributed by atoms with Gasteiger partial charge in [-0.1, -0.05) is 48.5 Å². The monoisotopic (exact) mass is 267 g/mol. The molecule has 0 aliphatic heterocycles. The third kappa shape index (κ3) is 2.46. The van der Waals surface area contributed by atoms with Crippen LogP contribution in [0.25, 0.3) is 0 Å². The maximum atomic E-state index is 13.8. The molecule has 2 aromatic rings. The summed E-state index contributed by atoms with van der Waals surface area (Å²) in [6.07, 6.45) is 0.0372. The molecule has 100 valence electrons. The number of halogens is 1. The van der Waals surface area contributed by atoms with Crippen LogP contribution in [0.1, 0.15) is 18.1 Å². The van der Waals surface area contributed by atoms with Crippen molar-refractivity contribution in [2.24, 2.45) is 0 Å². The predicted molar refractivity (Wildman–Crippen MR) is 74.5 cm³/mol. The van der Waals surface area contributed by atoms with Gasteiger partial charge in [-0.3, -0.25) is 4.79 Å². The van der Waals surface area contributed by atoms with Crippen molar-refractivity contribution in [1.82, 2.24) is 0 Å². The van der Waals surface area contributed by atoms with Crippen molar-refractivity contribution in [2.75, 3.05) is 0 Å². The zero-order valence-corrected chi connectivity index (χ0v) is 11.1. The Hall–Kier alpha value is -2.47. The number of nitriles is 1. The quantitative estimate of drug-likeness (QED) is 0.851. The molecule has 0 fully saturated rings. The van der Waals surface area contributed by atoms with Crippen LogP contribution in [0, 0.1) is 17.1 Å². The minimum Gasteiger partial charge on any atom is -0.298 e. The van der Waals surface area contributed by atoms with Gasteiger partial charge in [0.1, 0.15) is 11.2 Å². The van der Waals surface area contributed by atoms with E-state index in [1.807, 2.05) is 6.07 Å². The van der Waals surface area contributed by atoms with E-state index >= 15 is 0 Å². The second-order valence-corrected chi connectivity index (χ2v) is 4.71. The molecule has 0 saturated carbocycles. The van der Waals surface area contributed by atoms with E-state index in [2.05, 4.69) is 6.07 Å². The lowest BCUT2D eigenvalue weighted by Gasteiger charge is -2.24. The highest BCUT2D eigenvalue weighted by Crippen LogP contribution is 2.30. The number of hydrogen-bond donors (Lipinski definition) is 0. The Balaban J connectivity index is 2.53. The van der Waals surface area contributed by atoms with E-state index in [4.69, 9.17) is 0 Å². The van der Waals surface area contributed by atoms with Gasteiger partial charge >= 0.3 is 0 Å². The Bertz CT molecular complexity index is 660. The van der Waals surface area contributed by atoms with E-state index in [0.29, 0.717) is 11.1 Å². The lowest BCUT2D eigenvalue weighted by molar-refractivity contribution is -0.120. The molecule has 0 bridgehead atoms. The molecule has 0 heterocycles. The molecule has 3 heteroatoms. The summed E-state index contributed by atoms with van der Waals surface area (Å²) >= 11 is 0. The third-order valence-corrected chi connectivity index (χ3v) is 3.47. The molecule has 0 saturated heterocycles. The lowest BCUT2D eigenvalue weighted by atomic mass is 9.74. The van der Waals surface area contributed by atoms with Crippen molar-refractivity contribution < 1.29 is 9.18 Å². The molecule has 0 radical (unpaired) electrons. The third-order valence-electron chi connectivity index (χ3n) is 3.47. The average molecular weight is 267 g/mol. The first kappa shape index (κ1) is 14.0. The summed E-state index contributed by atoms with van der Waals surface area (Å²) in [4.78, 5) is 12.1. The first-order valence-electron chi connectivity index (χ1n) is 6.31. The number of rotatable bonds is 4. The van der Waals surface area contributed by atoms with Crippen LogP contribution in [0.4, 0.5) is 4.39 Å². The number of Topliss-reactive ketones (excluding diaryl/α,β-unsaturated/α-hetero) is 1. The second-order valence-electron chi connectivity index (χ2n) is 4.71. The fourth-order valence-corrected chi connectivity index (χ4v) is 2.26. The molecule has 2 nitrogen and oxygen atoms in total. The SMILES string of the molecule is CC(=O)C(C#N)(Cc1ccccc1F)c1ccccc1. The first-order valence-corrected chi connectivity index (χ1v) is 6.31. The van der Waals surface area contributed by atoms with E-state index in [1.165, 1.54) is 13.0 Å². The van der Waals surface area contributed by atoms with Crippen molar-refractivity contribution in [3.63, 3.8) is 0 Å². The van der Waals surface area contributed by atoms with Crippen LogP contribution in [0.5, 0.6) is 0 Å². The number of ketones is 1. The highest BCUT2D eigenvalue weighted by Gasteiger charge is 2.38. The predicted octanol–water partition coefficient (Wildman–Crippen LogP) is 3.42. The van der Waals surface area contributed by atoms with E-state index in [-0.39, 0.29) is 12.2 Å². The number of hydrogen-bond acceptors (Lipinski definition) is 2. The van der Waals surface area contributed by atoms with Crippen LogP contribution in [-0.4, -0.2) is 5.78 Å². The second kappa shape index (κ2) is 5.66. The fraction of sp³-hybridized carbons (Fsp3) is 0.176. The standard InChI is InChI=1S/C17H14FNO/c1-13(20)17(12-19,15-8-3-2-4-9-15)11-14-7-5-6-10-16(14)18/h2-10H,11H2,1H3. The summed E-state index contributed by atoms with van der Waals surface area (Å²) in [7, 11) is 0. The smallest absolute Gasteiger partial charge is 0.154 e. The Labute approximate surface area is 117 Å². The largest absolute Gasteiger partial charge is 0.298 e. The highest BCUT2D eigenvalue weighted by atomic mass is 19.1. The van der Waals surface area contributed by atoms with E-state index in [0.717, 1.165) is 0 Å². The average Bonchev–Trinajstić information content (AvgIpc) is 2.47. The number of carbonyl (C=O) groups is 1. The summed E-state index contributed by atoms with van der Waals surface area (Å²) < 4.78 is 13.8. The van der Waals surface area contributed by atoms with E-state index in [9.17, 15) is 14.4 Å². The molecule has 0 aliphatic rings. The topological polar surface area (TPSA) is 40.9 Å². The Kier molecular flexibility index (Phi) is 3.95. The fourth-order valence-electron chi connectivity index (χ4n) is 2.26.